The summed E-state index contributed by atoms with van der Waals surface area (Å²) in [6, 6.07) is 1.03. The summed E-state index contributed by atoms with van der Waals surface area (Å²) in [6.07, 6.45) is 3.32. The van der Waals surface area contributed by atoms with Crippen molar-refractivity contribution in [2.45, 2.75) is 64.6 Å². The van der Waals surface area contributed by atoms with Crippen LogP contribution in [0.25, 0.3) is 0 Å². The van der Waals surface area contributed by atoms with Crippen LogP contribution in [0.1, 0.15) is 47.0 Å². The molecular weight excluding hydrogens is 240 g/mol. The Labute approximate surface area is 117 Å². The second kappa shape index (κ2) is 6.71. The van der Waals surface area contributed by atoms with Crippen molar-refractivity contribution in [3.63, 3.8) is 0 Å². The predicted molar refractivity (Wildman–Crippen MR) is 78.1 cm³/mol. The fourth-order valence-corrected chi connectivity index (χ4v) is 3.30. The largest absolute Gasteiger partial charge is 0.468 e. The Morgan fingerprint density at radius 1 is 1.47 bits per heavy atom. The highest BCUT2D eigenvalue weighted by molar-refractivity contribution is 5.80. The number of likely N-dealkylation sites (N-methyl/N-ethyl adjacent to an activating group) is 1. The van der Waals surface area contributed by atoms with Crippen LogP contribution in [0, 0.1) is 5.92 Å². The van der Waals surface area contributed by atoms with Crippen molar-refractivity contribution in [3.8, 4) is 0 Å². The van der Waals surface area contributed by atoms with E-state index >= 15 is 0 Å². The number of ether oxygens (including phenoxy) is 1. The first kappa shape index (κ1) is 16.4. The van der Waals surface area contributed by atoms with E-state index in [2.05, 4.69) is 31.0 Å². The van der Waals surface area contributed by atoms with E-state index in [1.807, 2.05) is 14.0 Å². The Morgan fingerprint density at radius 3 is 2.58 bits per heavy atom. The van der Waals surface area contributed by atoms with Crippen molar-refractivity contribution in [1.29, 1.82) is 0 Å². The molecule has 112 valence electrons. The van der Waals surface area contributed by atoms with E-state index in [0.29, 0.717) is 18.0 Å². The van der Waals surface area contributed by atoms with Crippen LogP contribution < -0.4 is 5.32 Å². The Kier molecular flexibility index (Phi) is 5.81. The number of methoxy groups -OCH3 is 1. The number of carbonyl (C=O) groups excluding carboxylic acids is 1. The lowest BCUT2D eigenvalue weighted by Crippen LogP contribution is -2.53. The van der Waals surface area contributed by atoms with Gasteiger partial charge in [0, 0.05) is 12.1 Å². The summed E-state index contributed by atoms with van der Waals surface area (Å²) in [6.45, 7) is 9.86. The van der Waals surface area contributed by atoms with Gasteiger partial charge in [-0.25, -0.2) is 0 Å². The van der Waals surface area contributed by atoms with Gasteiger partial charge in [0.2, 0.25) is 0 Å². The molecule has 0 spiro atoms. The molecule has 1 fully saturated rings. The van der Waals surface area contributed by atoms with Gasteiger partial charge in [-0.1, -0.05) is 13.8 Å². The van der Waals surface area contributed by atoms with Gasteiger partial charge in [0.15, 0.2) is 0 Å². The fraction of sp³-hybridized carbons (Fsp3) is 0.933. The van der Waals surface area contributed by atoms with Gasteiger partial charge in [0.05, 0.1) is 7.11 Å². The van der Waals surface area contributed by atoms with E-state index in [1.54, 1.807) is 0 Å². The second-order valence-electron chi connectivity index (χ2n) is 6.32. The summed E-state index contributed by atoms with van der Waals surface area (Å²) in [7, 11) is 3.28. The van der Waals surface area contributed by atoms with Crippen LogP contribution in [0.4, 0.5) is 0 Å². The lowest BCUT2D eigenvalue weighted by molar-refractivity contribution is -0.148. The molecule has 1 aliphatic heterocycles. The Balaban J connectivity index is 2.72. The van der Waals surface area contributed by atoms with Crippen LogP contribution in [0.15, 0.2) is 0 Å². The molecule has 3 unspecified atom stereocenters. The van der Waals surface area contributed by atoms with Crippen LogP contribution in [0.5, 0.6) is 0 Å². The quantitative estimate of drug-likeness (QED) is 0.750. The van der Waals surface area contributed by atoms with Gasteiger partial charge in [0.1, 0.15) is 5.54 Å². The van der Waals surface area contributed by atoms with Crippen LogP contribution in [-0.4, -0.2) is 49.2 Å². The van der Waals surface area contributed by atoms with Gasteiger partial charge in [-0.05, 0) is 52.6 Å². The average Bonchev–Trinajstić information content (AvgIpc) is 2.86. The third-order valence-corrected chi connectivity index (χ3v) is 4.57. The van der Waals surface area contributed by atoms with Crippen LogP contribution in [0.2, 0.25) is 0 Å². The first-order valence-electron chi connectivity index (χ1n) is 7.38. The number of likely N-dealkylation sites (tertiary alicyclic amines) is 1. The summed E-state index contributed by atoms with van der Waals surface area (Å²) in [5, 5.41) is 3.13. The zero-order valence-electron chi connectivity index (χ0n) is 13.3. The number of hydrogen-bond donors (Lipinski definition) is 1. The van der Waals surface area contributed by atoms with Crippen LogP contribution >= 0.6 is 0 Å². The Bertz CT molecular complexity index is 307. The second-order valence-corrected chi connectivity index (χ2v) is 6.32. The van der Waals surface area contributed by atoms with E-state index in [-0.39, 0.29) is 5.97 Å². The number of rotatable bonds is 6. The maximum Gasteiger partial charge on any atom is 0.325 e. The number of esters is 1. The van der Waals surface area contributed by atoms with Crippen molar-refractivity contribution in [2.75, 3.05) is 20.7 Å². The van der Waals surface area contributed by atoms with Crippen LogP contribution in [-0.2, 0) is 9.53 Å². The molecule has 0 amide bonds. The minimum atomic E-state index is -0.599. The zero-order chi connectivity index (χ0) is 14.6. The van der Waals surface area contributed by atoms with Gasteiger partial charge in [0.25, 0.3) is 0 Å². The summed E-state index contributed by atoms with van der Waals surface area (Å²) >= 11 is 0. The summed E-state index contributed by atoms with van der Waals surface area (Å²) in [4.78, 5) is 14.5. The Morgan fingerprint density at radius 2 is 2.11 bits per heavy atom. The highest BCUT2D eigenvalue weighted by Crippen LogP contribution is 2.29. The van der Waals surface area contributed by atoms with Gasteiger partial charge < -0.3 is 10.1 Å². The number of carbonyl (C=O) groups is 1. The third-order valence-electron chi connectivity index (χ3n) is 4.57. The summed E-state index contributed by atoms with van der Waals surface area (Å²) in [5.41, 5.74) is -0.599. The van der Waals surface area contributed by atoms with E-state index in [0.717, 1.165) is 13.0 Å². The molecule has 1 N–H and O–H groups in total. The molecule has 1 saturated heterocycles. The first-order valence-corrected chi connectivity index (χ1v) is 7.38. The molecule has 1 aliphatic rings. The first-order chi connectivity index (χ1) is 8.85. The van der Waals surface area contributed by atoms with E-state index in [4.69, 9.17) is 4.74 Å². The Hall–Kier alpha value is -0.610. The lowest BCUT2D eigenvalue weighted by Gasteiger charge is -2.37. The molecule has 4 nitrogen and oxygen atoms in total. The van der Waals surface area contributed by atoms with Crippen molar-refractivity contribution in [1.82, 2.24) is 10.2 Å². The normalized spacial score (nSPS) is 25.3. The minimum Gasteiger partial charge on any atom is -0.468 e. The zero-order valence-corrected chi connectivity index (χ0v) is 13.3. The van der Waals surface area contributed by atoms with E-state index < -0.39 is 5.54 Å². The smallest absolute Gasteiger partial charge is 0.325 e. The highest BCUT2D eigenvalue weighted by Gasteiger charge is 2.38. The molecule has 4 heteroatoms. The van der Waals surface area contributed by atoms with Crippen molar-refractivity contribution in [3.05, 3.63) is 0 Å². The molecule has 0 aromatic carbocycles. The molecule has 19 heavy (non-hydrogen) atoms. The van der Waals surface area contributed by atoms with Gasteiger partial charge >= 0.3 is 5.97 Å². The van der Waals surface area contributed by atoms with Crippen molar-refractivity contribution >= 4 is 5.97 Å². The van der Waals surface area contributed by atoms with Crippen LogP contribution in [0.3, 0.4) is 0 Å². The maximum absolute atomic E-state index is 11.9. The standard InChI is InChI=1S/C15H30N2O2/c1-11(2)13-8-7-9-17(13)12(3)10-15(4,16-5)14(18)19-6/h11-13,16H,7-10H2,1-6H3. The molecule has 0 bridgehead atoms. The predicted octanol–water partition coefficient (Wildman–Crippen LogP) is 2.04. The van der Waals surface area contributed by atoms with Gasteiger partial charge in [-0.3, -0.25) is 9.69 Å². The molecule has 0 aliphatic carbocycles. The number of hydrogen-bond acceptors (Lipinski definition) is 4. The van der Waals surface area contributed by atoms with Gasteiger partial charge in [-0.15, -0.1) is 0 Å². The van der Waals surface area contributed by atoms with E-state index in [9.17, 15) is 4.79 Å². The molecule has 0 aromatic heterocycles. The molecule has 1 rings (SSSR count). The topological polar surface area (TPSA) is 41.6 Å². The molecule has 0 aromatic rings. The molecule has 1 heterocycles. The minimum absolute atomic E-state index is 0.179. The molecular formula is C15H30N2O2. The van der Waals surface area contributed by atoms with Crippen molar-refractivity contribution in [2.24, 2.45) is 5.92 Å². The molecule has 0 saturated carbocycles. The number of nitrogens with zero attached hydrogens (tertiary/aromatic N) is 1. The lowest BCUT2D eigenvalue weighted by atomic mass is 9.91. The molecule has 0 radical (unpaired) electrons. The summed E-state index contributed by atoms with van der Waals surface area (Å²) in [5.74, 6) is 0.492. The maximum atomic E-state index is 11.9. The van der Waals surface area contributed by atoms with E-state index in [1.165, 1.54) is 20.0 Å². The monoisotopic (exact) mass is 270 g/mol. The fourth-order valence-electron chi connectivity index (χ4n) is 3.30. The molecule has 3 atom stereocenters. The van der Waals surface area contributed by atoms with Crippen molar-refractivity contribution < 1.29 is 9.53 Å². The highest BCUT2D eigenvalue weighted by atomic mass is 16.5. The average molecular weight is 270 g/mol. The third kappa shape index (κ3) is 3.69. The summed E-state index contributed by atoms with van der Waals surface area (Å²) < 4.78 is 4.92. The number of nitrogens with one attached hydrogen (secondary N) is 1. The SMILES string of the molecule is CNC(C)(CC(C)N1CCCC1C(C)C)C(=O)OC. The van der Waals surface area contributed by atoms with Gasteiger partial charge in [-0.2, -0.15) is 0 Å².